The monoisotopic (exact) mass is 436 g/mol. The fraction of sp³-hybridized carbons (Fsp3) is 0.0500. The predicted octanol–water partition coefficient (Wildman–Crippen LogP) is 5.11. The van der Waals surface area contributed by atoms with Crippen LogP contribution in [0.5, 0.6) is 11.5 Å². The number of benzene rings is 2. The summed E-state index contributed by atoms with van der Waals surface area (Å²) in [5.74, 6) is -1.50. The molecule has 1 amide bonds. The van der Waals surface area contributed by atoms with Gasteiger partial charge in [0, 0.05) is 12.3 Å². The highest BCUT2D eigenvalue weighted by atomic mass is 35.5. The third kappa shape index (κ3) is 6.17. The van der Waals surface area contributed by atoms with E-state index in [0.29, 0.717) is 11.3 Å². The van der Waals surface area contributed by atoms with E-state index in [4.69, 9.17) is 38.8 Å². The quantitative estimate of drug-likeness (QED) is 0.591. The van der Waals surface area contributed by atoms with Crippen molar-refractivity contribution in [1.82, 2.24) is 4.98 Å². The average molecular weight is 437 g/mol. The lowest BCUT2D eigenvalue weighted by molar-refractivity contribution is 0.0690. The number of halogens is 3. The molecule has 150 valence electrons. The van der Waals surface area contributed by atoms with E-state index in [1.54, 1.807) is 19.1 Å². The Balaban J connectivity index is 0.000000278. The molecule has 1 heterocycles. The molecule has 29 heavy (non-hydrogen) atoms. The summed E-state index contributed by atoms with van der Waals surface area (Å²) in [5, 5.41) is 8.75. The SMILES string of the molecule is Cc1cc(F)ccc1Oc1cc(Cl)c(Cl)cc1C(N)=O.O=C(O)c1ccccn1. The highest BCUT2D eigenvalue weighted by molar-refractivity contribution is 6.42. The van der Waals surface area contributed by atoms with Crippen LogP contribution < -0.4 is 10.5 Å². The van der Waals surface area contributed by atoms with E-state index in [1.807, 2.05) is 0 Å². The zero-order valence-electron chi connectivity index (χ0n) is 15.0. The Bertz CT molecular complexity index is 1050. The average Bonchev–Trinajstić information content (AvgIpc) is 2.67. The lowest BCUT2D eigenvalue weighted by atomic mass is 10.1. The number of aryl methyl sites for hydroxylation is 1. The number of hydrogen-bond donors (Lipinski definition) is 2. The van der Waals surface area contributed by atoms with Crippen LogP contribution in [0.3, 0.4) is 0 Å². The number of nitrogens with two attached hydrogens (primary N) is 1. The van der Waals surface area contributed by atoms with Gasteiger partial charge in [0.15, 0.2) is 0 Å². The number of hydrogen-bond acceptors (Lipinski definition) is 4. The number of amides is 1. The summed E-state index contributed by atoms with van der Waals surface area (Å²) in [6, 6.07) is 11.5. The fourth-order valence-corrected chi connectivity index (χ4v) is 2.46. The molecule has 2 aromatic carbocycles. The first-order chi connectivity index (χ1) is 13.7. The van der Waals surface area contributed by atoms with Crippen LogP contribution in [0, 0.1) is 12.7 Å². The number of aromatic carboxylic acids is 1. The zero-order valence-corrected chi connectivity index (χ0v) is 16.5. The summed E-state index contributed by atoms with van der Waals surface area (Å²) < 4.78 is 18.6. The molecule has 0 bridgehead atoms. The Morgan fingerprint density at radius 3 is 2.28 bits per heavy atom. The van der Waals surface area contributed by atoms with Crippen molar-refractivity contribution in [2.75, 3.05) is 0 Å². The smallest absolute Gasteiger partial charge is 0.354 e. The third-order valence-electron chi connectivity index (χ3n) is 3.53. The largest absolute Gasteiger partial charge is 0.477 e. The second kappa shape index (κ2) is 9.86. The number of rotatable bonds is 4. The minimum Gasteiger partial charge on any atom is -0.477 e. The number of aromatic nitrogens is 1. The molecule has 0 saturated carbocycles. The topological polar surface area (TPSA) is 103 Å². The molecule has 9 heteroatoms. The molecule has 3 N–H and O–H groups in total. The van der Waals surface area contributed by atoms with Crippen molar-refractivity contribution in [3.05, 3.63) is 87.4 Å². The second-order valence-corrected chi connectivity index (χ2v) is 6.47. The van der Waals surface area contributed by atoms with Gasteiger partial charge in [-0.15, -0.1) is 0 Å². The fourth-order valence-electron chi connectivity index (χ4n) is 2.14. The minimum absolute atomic E-state index is 0.0810. The van der Waals surface area contributed by atoms with E-state index in [1.165, 1.54) is 42.6 Å². The summed E-state index contributed by atoms with van der Waals surface area (Å²) in [5.41, 5.74) is 6.03. The number of carboxylic acid groups (broad SMARTS) is 1. The molecule has 1 aromatic heterocycles. The second-order valence-electron chi connectivity index (χ2n) is 5.66. The molecule has 0 saturated heterocycles. The first-order valence-electron chi connectivity index (χ1n) is 8.06. The molecule has 3 aromatic rings. The number of pyridine rings is 1. The molecular formula is C20H15Cl2FN2O4. The van der Waals surface area contributed by atoms with Gasteiger partial charge in [0.1, 0.15) is 23.0 Å². The molecule has 0 fully saturated rings. The number of nitrogens with zero attached hydrogens (tertiary/aromatic N) is 1. The lowest BCUT2D eigenvalue weighted by Gasteiger charge is -2.12. The van der Waals surface area contributed by atoms with Gasteiger partial charge in [-0.05, 0) is 48.9 Å². The van der Waals surface area contributed by atoms with Gasteiger partial charge in [-0.25, -0.2) is 14.2 Å². The van der Waals surface area contributed by atoms with E-state index >= 15 is 0 Å². The van der Waals surface area contributed by atoms with E-state index < -0.39 is 11.9 Å². The Labute approximate surface area is 175 Å². The third-order valence-corrected chi connectivity index (χ3v) is 4.25. The molecule has 0 spiro atoms. The van der Waals surface area contributed by atoms with Crippen LogP contribution in [0.25, 0.3) is 0 Å². The number of carbonyl (C=O) groups is 2. The van der Waals surface area contributed by atoms with Gasteiger partial charge in [0.05, 0.1) is 15.6 Å². The Hall–Kier alpha value is -3.16. The first-order valence-corrected chi connectivity index (χ1v) is 8.81. The number of primary amides is 1. The van der Waals surface area contributed by atoms with Crippen molar-refractivity contribution < 1.29 is 23.8 Å². The molecule has 0 atom stereocenters. The Morgan fingerprint density at radius 2 is 1.76 bits per heavy atom. The van der Waals surface area contributed by atoms with Crippen LogP contribution in [0.4, 0.5) is 4.39 Å². The molecule has 0 aliphatic heterocycles. The Morgan fingerprint density at radius 1 is 1.07 bits per heavy atom. The van der Waals surface area contributed by atoms with Crippen molar-refractivity contribution in [3.63, 3.8) is 0 Å². The van der Waals surface area contributed by atoms with E-state index in [-0.39, 0.29) is 32.9 Å². The van der Waals surface area contributed by atoms with Gasteiger partial charge < -0.3 is 15.6 Å². The maximum absolute atomic E-state index is 13.0. The zero-order chi connectivity index (χ0) is 21.6. The van der Waals surface area contributed by atoms with Gasteiger partial charge >= 0.3 is 5.97 Å². The molecule has 3 rings (SSSR count). The van der Waals surface area contributed by atoms with Gasteiger partial charge in [-0.2, -0.15) is 0 Å². The van der Waals surface area contributed by atoms with Crippen molar-refractivity contribution in [1.29, 1.82) is 0 Å². The Kier molecular flexibility index (Phi) is 7.52. The van der Waals surface area contributed by atoms with Crippen molar-refractivity contribution >= 4 is 35.1 Å². The van der Waals surface area contributed by atoms with Gasteiger partial charge in [-0.1, -0.05) is 29.3 Å². The van der Waals surface area contributed by atoms with Crippen LogP contribution >= 0.6 is 23.2 Å². The summed E-state index contributed by atoms with van der Waals surface area (Å²) in [6.07, 6.45) is 1.45. The minimum atomic E-state index is -0.990. The highest BCUT2D eigenvalue weighted by Crippen LogP contribution is 2.34. The molecule has 0 radical (unpaired) electrons. The summed E-state index contributed by atoms with van der Waals surface area (Å²) in [4.78, 5) is 25.1. The van der Waals surface area contributed by atoms with Gasteiger partial charge in [0.25, 0.3) is 5.91 Å². The lowest BCUT2D eigenvalue weighted by Crippen LogP contribution is -2.12. The summed E-state index contributed by atoms with van der Waals surface area (Å²) in [6.45, 7) is 1.68. The van der Waals surface area contributed by atoms with Crippen LogP contribution in [0.15, 0.2) is 54.7 Å². The van der Waals surface area contributed by atoms with Crippen LogP contribution in [-0.2, 0) is 0 Å². The maximum Gasteiger partial charge on any atom is 0.354 e. The van der Waals surface area contributed by atoms with Crippen LogP contribution in [-0.4, -0.2) is 22.0 Å². The van der Waals surface area contributed by atoms with Crippen molar-refractivity contribution in [2.45, 2.75) is 6.92 Å². The van der Waals surface area contributed by atoms with Crippen LogP contribution in [0.1, 0.15) is 26.4 Å². The maximum atomic E-state index is 13.0. The molecule has 0 aliphatic carbocycles. The molecule has 0 aliphatic rings. The molecule has 0 unspecified atom stereocenters. The normalized spacial score (nSPS) is 9.93. The van der Waals surface area contributed by atoms with E-state index in [9.17, 15) is 14.0 Å². The van der Waals surface area contributed by atoms with E-state index in [2.05, 4.69) is 4.98 Å². The van der Waals surface area contributed by atoms with Crippen LogP contribution in [0.2, 0.25) is 10.0 Å². The number of carboxylic acids is 1. The van der Waals surface area contributed by atoms with E-state index in [0.717, 1.165) is 0 Å². The molecular weight excluding hydrogens is 422 g/mol. The summed E-state index contributed by atoms with van der Waals surface area (Å²) in [7, 11) is 0. The van der Waals surface area contributed by atoms with Crippen molar-refractivity contribution in [2.24, 2.45) is 5.73 Å². The summed E-state index contributed by atoms with van der Waals surface area (Å²) >= 11 is 11.7. The standard InChI is InChI=1S/C14H10Cl2FNO2.C6H5NO2/c1-7-4-8(17)2-3-12(7)20-13-6-11(16)10(15)5-9(13)14(18)19;8-6(9)5-3-1-2-4-7-5/h2-6H,1H3,(H2,18,19);1-4H,(H,8,9). The number of ether oxygens (including phenoxy) is 1. The highest BCUT2D eigenvalue weighted by Gasteiger charge is 2.15. The predicted molar refractivity (Wildman–Crippen MR) is 107 cm³/mol. The first kappa shape index (κ1) is 22.1. The molecule has 6 nitrogen and oxygen atoms in total. The van der Waals surface area contributed by atoms with Gasteiger partial charge in [0.2, 0.25) is 0 Å². The number of carbonyl (C=O) groups excluding carboxylic acids is 1. The van der Waals surface area contributed by atoms with Crippen molar-refractivity contribution in [3.8, 4) is 11.5 Å². The van der Waals surface area contributed by atoms with Gasteiger partial charge in [-0.3, -0.25) is 4.79 Å².